The van der Waals surface area contributed by atoms with Crippen molar-refractivity contribution in [2.24, 2.45) is 7.05 Å². The smallest absolute Gasteiger partial charge is 0.254 e. The number of carbonyl (C=O) groups is 2. The fourth-order valence-electron chi connectivity index (χ4n) is 5.05. The van der Waals surface area contributed by atoms with Crippen LogP contribution in [0.2, 0.25) is 5.02 Å². The second-order valence-electron chi connectivity index (χ2n) is 8.71. The molecule has 0 fully saturated rings. The first-order chi connectivity index (χ1) is 17.0. The molecule has 1 aliphatic heterocycles. The number of anilines is 1. The molecule has 0 saturated heterocycles. The minimum atomic E-state index is -0.634. The third kappa shape index (κ3) is 4.20. The SMILES string of the molecule is COCCN1C(=O)c2ccccc2[C@@H](C(=O)Nc2cccc(Cl)c2)[C@@H]1c1cn(C)c2ccccc12. The number of hydrogen-bond acceptors (Lipinski definition) is 3. The number of methoxy groups -OCH3 is 1. The highest BCUT2D eigenvalue weighted by atomic mass is 35.5. The highest BCUT2D eigenvalue weighted by Crippen LogP contribution is 2.45. The first-order valence-electron chi connectivity index (χ1n) is 11.5. The van der Waals surface area contributed by atoms with E-state index in [9.17, 15) is 9.59 Å². The van der Waals surface area contributed by atoms with Crippen molar-refractivity contribution in [3.05, 3.63) is 101 Å². The number of nitrogens with one attached hydrogen (secondary N) is 1. The highest BCUT2D eigenvalue weighted by Gasteiger charge is 2.45. The number of fused-ring (bicyclic) bond motifs is 2. The molecular formula is C28H26ClN3O3. The molecule has 1 N–H and O–H groups in total. The largest absolute Gasteiger partial charge is 0.383 e. The molecule has 5 rings (SSSR count). The van der Waals surface area contributed by atoms with Crippen molar-refractivity contribution in [3.8, 4) is 0 Å². The van der Waals surface area contributed by atoms with Crippen LogP contribution in [0.25, 0.3) is 10.9 Å². The third-order valence-electron chi connectivity index (χ3n) is 6.60. The van der Waals surface area contributed by atoms with E-state index >= 15 is 0 Å². The van der Waals surface area contributed by atoms with Crippen molar-refractivity contribution in [3.63, 3.8) is 0 Å². The Morgan fingerprint density at radius 1 is 1.03 bits per heavy atom. The zero-order chi connectivity index (χ0) is 24.5. The minimum Gasteiger partial charge on any atom is -0.383 e. The van der Waals surface area contributed by atoms with E-state index in [1.165, 1.54) is 0 Å². The molecule has 2 heterocycles. The number of nitrogens with zero attached hydrogens (tertiary/aromatic N) is 2. The summed E-state index contributed by atoms with van der Waals surface area (Å²) in [4.78, 5) is 29.5. The van der Waals surface area contributed by atoms with Crippen molar-refractivity contribution in [1.82, 2.24) is 9.47 Å². The van der Waals surface area contributed by atoms with Gasteiger partial charge in [0.1, 0.15) is 0 Å². The molecule has 178 valence electrons. The number of hydrogen-bond donors (Lipinski definition) is 1. The van der Waals surface area contributed by atoms with Crippen LogP contribution in [-0.2, 0) is 16.6 Å². The molecule has 3 aromatic carbocycles. The van der Waals surface area contributed by atoms with Gasteiger partial charge in [-0.05, 0) is 35.9 Å². The average Bonchev–Trinajstić information content (AvgIpc) is 3.19. The van der Waals surface area contributed by atoms with Crippen LogP contribution in [0.15, 0.2) is 79.0 Å². The molecule has 6 nitrogen and oxygen atoms in total. The summed E-state index contributed by atoms with van der Waals surface area (Å²) in [5.74, 6) is -0.944. The van der Waals surface area contributed by atoms with Crippen LogP contribution in [0.5, 0.6) is 0 Å². The van der Waals surface area contributed by atoms with Crippen molar-refractivity contribution in [2.75, 3.05) is 25.6 Å². The summed E-state index contributed by atoms with van der Waals surface area (Å²) in [5, 5.41) is 4.59. The zero-order valence-corrected chi connectivity index (χ0v) is 20.3. The lowest BCUT2D eigenvalue weighted by molar-refractivity contribution is -0.119. The number of aromatic nitrogens is 1. The van der Waals surface area contributed by atoms with Crippen LogP contribution in [0.1, 0.15) is 33.4 Å². The van der Waals surface area contributed by atoms with E-state index in [2.05, 4.69) is 5.32 Å². The van der Waals surface area contributed by atoms with Gasteiger partial charge in [-0.2, -0.15) is 0 Å². The van der Waals surface area contributed by atoms with Crippen LogP contribution in [-0.4, -0.2) is 41.5 Å². The molecule has 7 heteroatoms. The molecule has 35 heavy (non-hydrogen) atoms. The van der Waals surface area contributed by atoms with Gasteiger partial charge in [-0.25, -0.2) is 0 Å². The van der Waals surface area contributed by atoms with Gasteiger partial charge >= 0.3 is 0 Å². The maximum atomic E-state index is 14.0. The molecule has 0 unspecified atom stereocenters. The lowest BCUT2D eigenvalue weighted by atomic mass is 9.79. The van der Waals surface area contributed by atoms with Crippen LogP contribution in [0, 0.1) is 0 Å². The number of benzene rings is 3. The number of halogens is 1. The molecule has 2 atom stereocenters. The van der Waals surface area contributed by atoms with Gasteiger partial charge in [0.2, 0.25) is 5.91 Å². The van der Waals surface area contributed by atoms with Crippen molar-refractivity contribution < 1.29 is 14.3 Å². The van der Waals surface area contributed by atoms with E-state index in [-0.39, 0.29) is 11.8 Å². The fraction of sp³-hybridized carbons (Fsp3) is 0.214. The summed E-state index contributed by atoms with van der Waals surface area (Å²) in [6.45, 7) is 0.719. The molecule has 4 aromatic rings. The standard InChI is InChI=1S/C28H26ClN3O3/c1-31-17-23(20-10-5-6-13-24(20)31)26-25(27(33)30-19-9-7-8-18(29)16-19)21-11-3-4-12-22(21)28(34)32(26)14-15-35-2/h3-13,16-17,25-26H,14-15H2,1-2H3,(H,30,33)/t25-,26+/m1/s1. The van der Waals surface area contributed by atoms with Crippen molar-refractivity contribution in [1.29, 1.82) is 0 Å². The molecule has 0 radical (unpaired) electrons. The van der Waals surface area contributed by atoms with Gasteiger partial charge < -0.3 is 19.5 Å². The first-order valence-corrected chi connectivity index (χ1v) is 11.9. The Balaban J connectivity index is 1.70. The van der Waals surface area contributed by atoms with Gasteiger partial charge in [0.15, 0.2) is 0 Å². The van der Waals surface area contributed by atoms with Gasteiger partial charge in [0.25, 0.3) is 5.91 Å². The molecular weight excluding hydrogens is 462 g/mol. The number of rotatable bonds is 6. The van der Waals surface area contributed by atoms with Gasteiger partial charge in [-0.3, -0.25) is 9.59 Å². The summed E-state index contributed by atoms with van der Waals surface area (Å²) >= 11 is 6.17. The van der Waals surface area contributed by atoms with Gasteiger partial charge in [-0.15, -0.1) is 0 Å². The lowest BCUT2D eigenvalue weighted by Gasteiger charge is -2.41. The summed E-state index contributed by atoms with van der Waals surface area (Å²) in [7, 11) is 3.59. The Kier molecular flexibility index (Phi) is 6.32. The van der Waals surface area contributed by atoms with E-state index in [1.807, 2.05) is 60.3 Å². The molecule has 1 aromatic heterocycles. The van der Waals surface area contributed by atoms with Gasteiger partial charge in [0.05, 0.1) is 18.6 Å². The number of amides is 2. The van der Waals surface area contributed by atoms with Crippen molar-refractivity contribution in [2.45, 2.75) is 12.0 Å². The van der Waals surface area contributed by atoms with E-state index in [0.29, 0.717) is 35.0 Å². The predicted octanol–water partition coefficient (Wildman–Crippen LogP) is 5.40. The quantitative estimate of drug-likeness (QED) is 0.396. The van der Waals surface area contributed by atoms with E-state index in [0.717, 1.165) is 16.5 Å². The maximum absolute atomic E-state index is 14.0. The van der Waals surface area contributed by atoms with Crippen LogP contribution >= 0.6 is 11.6 Å². The highest BCUT2D eigenvalue weighted by molar-refractivity contribution is 6.30. The predicted molar refractivity (Wildman–Crippen MR) is 138 cm³/mol. The molecule has 1 aliphatic rings. The van der Waals surface area contributed by atoms with E-state index in [4.69, 9.17) is 16.3 Å². The second kappa shape index (κ2) is 9.56. The Morgan fingerprint density at radius 2 is 1.80 bits per heavy atom. The van der Waals surface area contributed by atoms with Gasteiger partial charge in [-0.1, -0.05) is 54.1 Å². The van der Waals surface area contributed by atoms with Crippen LogP contribution < -0.4 is 5.32 Å². The first kappa shape index (κ1) is 23.1. The minimum absolute atomic E-state index is 0.109. The van der Waals surface area contributed by atoms with Crippen molar-refractivity contribution >= 4 is 40.0 Å². The molecule has 2 amide bonds. The Labute approximate surface area is 209 Å². The second-order valence-corrected chi connectivity index (χ2v) is 9.15. The van der Waals surface area contributed by atoms with E-state index < -0.39 is 12.0 Å². The summed E-state index contributed by atoms with van der Waals surface area (Å²) in [6.07, 6.45) is 2.02. The third-order valence-corrected chi connectivity index (χ3v) is 6.83. The summed E-state index contributed by atoms with van der Waals surface area (Å²) < 4.78 is 7.39. The summed E-state index contributed by atoms with van der Waals surface area (Å²) in [5.41, 5.74) is 3.81. The fourth-order valence-corrected chi connectivity index (χ4v) is 5.24. The Hall–Kier alpha value is -3.61. The average molecular weight is 488 g/mol. The Morgan fingerprint density at radius 3 is 2.60 bits per heavy atom. The molecule has 0 saturated carbocycles. The monoisotopic (exact) mass is 487 g/mol. The molecule has 0 bridgehead atoms. The van der Waals surface area contributed by atoms with Crippen LogP contribution in [0.4, 0.5) is 5.69 Å². The topological polar surface area (TPSA) is 63.6 Å². The normalized spacial score (nSPS) is 17.5. The number of para-hydroxylation sites is 1. The van der Waals surface area contributed by atoms with Gasteiger partial charge in [0, 0.05) is 59.6 Å². The molecule has 0 spiro atoms. The zero-order valence-electron chi connectivity index (χ0n) is 19.6. The van der Waals surface area contributed by atoms with Crippen LogP contribution in [0.3, 0.4) is 0 Å². The molecule has 0 aliphatic carbocycles. The summed E-state index contributed by atoms with van der Waals surface area (Å²) in [6, 6.07) is 22.0. The number of ether oxygens (including phenoxy) is 1. The Bertz CT molecular complexity index is 1410. The maximum Gasteiger partial charge on any atom is 0.254 e. The van der Waals surface area contributed by atoms with E-state index in [1.54, 1.807) is 42.3 Å². The number of carbonyl (C=O) groups excluding carboxylic acids is 2. The number of aryl methyl sites for hydroxylation is 1. The lowest BCUT2D eigenvalue weighted by Crippen LogP contribution is -2.47.